The summed E-state index contributed by atoms with van der Waals surface area (Å²) in [6, 6.07) is 4.50. The number of hydrogen-bond acceptors (Lipinski definition) is 4. The van der Waals surface area contributed by atoms with Gasteiger partial charge in [-0.05, 0) is 25.0 Å². The number of nitrogens with two attached hydrogens (primary N) is 1. The van der Waals surface area contributed by atoms with Crippen LogP contribution in [-0.4, -0.2) is 65.8 Å². The molecule has 0 spiro atoms. The van der Waals surface area contributed by atoms with E-state index in [2.05, 4.69) is 0 Å². The monoisotopic (exact) mass is 316 g/mol. The van der Waals surface area contributed by atoms with Crippen LogP contribution in [0.3, 0.4) is 0 Å². The molecular weight excluding hydrogens is 296 g/mol. The first-order chi connectivity index (χ1) is 10.9. The number of rotatable bonds is 1. The molecule has 122 valence electrons. The van der Waals surface area contributed by atoms with Crippen LogP contribution in [-0.2, 0) is 0 Å². The molecule has 0 aliphatic carbocycles. The number of hydrogen-bond donors (Lipinski definition) is 1. The fourth-order valence-electron chi connectivity index (χ4n) is 3.28. The van der Waals surface area contributed by atoms with Crippen molar-refractivity contribution in [2.75, 3.05) is 32.9 Å². The molecule has 2 aliphatic rings. The average Bonchev–Trinajstić information content (AvgIpc) is 2.79. The van der Waals surface area contributed by atoms with Gasteiger partial charge in [0.15, 0.2) is 0 Å². The molecule has 1 unspecified atom stereocenters. The fraction of sp³-hybridized carbons (Fsp3) is 0.438. The molecule has 7 heteroatoms. The Hall–Kier alpha value is -2.57. The van der Waals surface area contributed by atoms with Crippen molar-refractivity contribution in [2.24, 2.45) is 0 Å². The van der Waals surface area contributed by atoms with E-state index < -0.39 is 0 Å². The Morgan fingerprint density at radius 3 is 2.65 bits per heavy atom. The number of carbonyl (C=O) groups is 3. The second kappa shape index (κ2) is 5.57. The highest BCUT2D eigenvalue weighted by Gasteiger charge is 2.42. The molecule has 0 saturated carbocycles. The van der Waals surface area contributed by atoms with Crippen LogP contribution >= 0.6 is 0 Å². The number of urea groups is 1. The largest absolute Gasteiger partial charge is 0.398 e. The third-order valence-electron chi connectivity index (χ3n) is 4.39. The summed E-state index contributed by atoms with van der Waals surface area (Å²) in [6.45, 7) is 1.00. The van der Waals surface area contributed by atoms with E-state index in [-0.39, 0.29) is 29.5 Å². The lowest BCUT2D eigenvalue weighted by atomic mass is 10.0. The highest BCUT2D eigenvalue weighted by Crippen LogP contribution is 2.31. The van der Waals surface area contributed by atoms with Crippen LogP contribution in [0.5, 0.6) is 0 Å². The molecule has 0 aromatic heterocycles. The van der Waals surface area contributed by atoms with Crippen LogP contribution in [0.15, 0.2) is 18.2 Å². The summed E-state index contributed by atoms with van der Waals surface area (Å²) in [4.78, 5) is 41.8. The van der Waals surface area contributed by atoms with Crippen molar-refractivity contribution >= 4 is 23.5 Å². The van der Waals surface area contributed by atoms with Crippen molar-refractivity contribution < 1.29 is 14.4 Å². The van der Waals surface area contributed by atoms with Crippen molar-refractivity contribution in [3.05, 3.63) is 29.3 Å². The van der Waals surface area contributed by atoms with E-state index in [1.807, 2.05) is 0 Å². The molecule has 4 amide bonds. The van der Waals surface area contributed by atoms with Crippen LogP contribution in [0.25, 0.3) is 0 Å². The molecular formula is C16H20N4O3. The maximum Gasteiger partial charge on any atom is 0.319 e. The molecule has 7 nitrogen and oxygen atoms in total. The average molecular weight is 316 g/mol. The van der Waals surface area contributed by atoms with Crippen LogP contribution in [0.2, 0.25) is 0 Å². The van der Waals surface area contributed by atoms with Crippen molar-refractivity contribution in [1.82, 2.24) is 14.7 Å². The molecule has 0 bridgehead atoms. The van der Waals surface area contributed by atoms with Crippen LogP contribution in [0.4, 0.5) is 10.5 Å². The molecule has 1 fully saturated rings. The predicted octanol–water partition coefficient (Wildman–Crippen LogP) is 1.01. The lowest BCUT2D eigenvalue weighted by Crippen LogP contribution is -2.53. The lowest BCUT2D eigenvalue weighted by Gasteiger charge is -2.37. The minimum Gasteiger partial charge on any atom is -0.398 e. The van der Waals surface area contributed by atoms with Gasteiger partial charge in [0.1, 0.15) is 0 Å². The van der Waals surface area contributed by atoms with Crippen molar-refractivity contribution in [3.8, 4) is 0 Å². The minimum absolute atomic E-state index is 0.106. The highest BCUT2D eigenvalue weighted by molar-refractivity contribution is 6.23. The predicted molar refractivity (Wildman–Crippen MR) is 85.0 cm³/mol. The lowest BCUT2D eigenvalue weighted by molar-refractivity contribution is 0.0495. The van der Waals surface area contributed by atoms with Gasteiger partial charge in [-0.15, -0.1) is 0 Å². The Morgan fingerprint density at radius 2 is 2.00 bits per heavy atom. The Bertz CT molecular complexity index is 686. The normalized spacial score (nSPS) is 20.7. The molecule has 1 aromatic rings. The topological polar surface area (TPSA) is 87.0 Å². The van der Waals surface area contributed by atoms with E-state index in [4.69, 9.17) is 5.73 Å². The molecule has 0 radical (unpaired) electrons. The molecule has 2 heterocycles. The SMILES string of the molecule is CN(C)C(=O)N1CCCC(N2C(=O)c3cccc(N)c3C2=O)C1. The summed E-state index contributed by atoms with van der Waals surface area (Å²) < 4.78 is 0. The summed E-state index contributed by atoms with van der Waals surface area (Å²) in [5, 5.41) is 0. The smallest absolute Gasteiger partial charge is 0.319 e. The van der Waals surface area contributed by atoms with Gasteiger partial charge >= 0.3 is 6.03 Å². The molecule has 1 aromatic carbocycles. The van der Waals surface area contributed by atoms with E-state index in [9.17, 15) is 14.4 Å². The van der Waals surface area contributed by atoms with Crippen LogP contribution in [0, 0.1) is 0 Å². The van der Waals surface area contributed by atoms with Crippen LogP contribution < -0.4 is 5.73 Å². The first-order valence-electron chi connectivity index (χ1n) is 7.64. The number of imide groups is 1. The van der Waals surface area contributed by atoms with E-state index in [0.717, 1.165) is 6.42 Å². The summed E-state index contributed by atoms with van der Waals surface area (Å²) in [5.74, 6) is -0.672. The maximum absolute atomic E-state index is 12.6. The molecule has 23 heavy (non-hydrogen) atoms. The third-order valence-corrected chi connectivity index (χ3v) is 4.39. The van der Waals surface area contributed by atoms with E-state index in [0.29, 0.717) is 30.8 Å². The van der Waals surface area contributed by atoms with Crippen molar-refractivity contribution in [2.45, 2.75) is 18.9 Å². The molecule has 1 atom stereocenters. The summed E-state index contributed by atoms with van der Waals surface area (Å²) in [7, 11) is 3.38. The Labute approximate surface area is 134 Å². The van der Waals surface area contributed by atoms with E-state index in [1.165, 1.54) is 9.80 Å². The molecule has 2 aliphatic heterocycles. The third kappa shape index (κ3) is 2.42. The number of piperidine rings is 1. The molecule has 1 saturated heterocycles. The fourth-order valence-corrected chi connectivity index (χ4v) is 3.28. The first kappa shape index (κ1) is 15.3. The van der Waals surface area contributed by atoms with Gasteiger partial charge in [0.2, 0.25) is 0 Å². The maximum atomic E-state index is 12.6. The Kier molecular flexibility index (Phi) is 3.71. The zero-order valence-electron chi connectivity index (χ0n) is 13.3. The number of carbonyl (C=O) groups excluding carboxylic acids is 3. The van der Waals surface area contributed by atoms with E-state index >= 15 is 0 Å². The Morgan fingerprint density at radius 1 is 1.26 bits per heavy atom. The molecule has 3 rings (SSSR count). The number of likely N-dealkylation sites (tertiary alicyclic amines) is 1. The van der Waals surface area contributed by atoms with Crippen molar-refractivity contribution in [1.29, 1.82) is 0 Å². The number of fused-ring (bicyclic) bond motifs is 1. The summed E-state index contributed by atoms with van der Waals surface area (Å²) >= 11 is 0. The number of nitrogens with zero attached hydrogens (tertiary/aromatic N) is 3. The number of anilines is 1. The van der Waals surface area contributed by atoms with Crippen LogP contribution in [0.1, 0.15) is 33.6 Å². The van der Waals surface area contributed by atoms with Gasteiger partial charge in [0, 0.05) is 32.9 Å². The van der Waals surface area contributed by atoms with Gasteiger partial charge in [-0.2, -0.15) is 0 Å². The van der Waals surface area contributed by atoms with E-state index in [1.54, 1.807) is 37.2 Å². The van der Waals surface area contributed by atoms with Gasteiger partial charge < -0.3 is 15.5 Å². The summed E-state index contributed by atoms with van der Waals surface area (Å²) in [5.41, 5.74) is 6.82. The summed E-state index contributed by atoms with van der Waals surface area (Å²) in [6.07, 6.45) is 1.45. The van der Waals surface area contributed by atoms with Gasteiger partial charge in [0.05, 0.1) is 17.2 Å². The first-order valence-corrected chi connectivity index (χ1v) is 7.64. The quantitative estimate of drug-likeness (QED) is 0.619. The number of amides is 4. The van der Waals surface area contributed by atoms with Gasteiger partial charge in [0.25, 0.3) is 11.8 Å². The van der Waals surface area contributed by atoms with Gasteiger partial charge in [-0.3, -0.25) is 14.5 Å². The van der Waals surface area contributed by atoms with Gasteiger partial charge in [-0.25, -0.2) is 4.79 Å². The van der Waals surface area contributed by atoms with Gasteiger partial charge in [-0.1, -0.05) is 6.07 Å². The number of benzene rings is 1. The molecule has 2 N–H and O–H groups in total. The number of nitrogen functional groups attached to an aromatic ring is 1. The minimum atomic E-state index is -0.354. The van der Waals surface area contributed by atoms with Crippen molar-refractivity contribution in [3.63, 3.8) is 0 Å². The standard InChI is InChI=1S/C16H20N4O3/c1-18(2)16(23)19-8-4-5-10(9-19)20-14(21)11-6-3-7-12(17)13(11)15(20)22/h3,6-7,10H,4-5,8-9,17H2,1-2H3. The second-order valence-electron chi connectivity index (χ2n) is 6.17. The Balaban J connectivity index is 1.86. The zero-order valence-corrected chi connectivity index (χ0v) is 13.3. The second-order valence-corrected chi connectivity index (χ2v) is 6.17. The zero-order chi connectivity index (χ0) is 16.7. The highest BCUT2D eigenvalue weighted by atomic mass is 16.2.